The van der Waals surface area contributed by atoms with Crippen molar-refractivity contribution in [3.05, 3.63) is 42.5 Å². The van der Waals surface area contributed by atoms with Crippen molar-refractivity contribution in [2.45, 2.75) is 44.4 Å². The van der Waals surface area contributed by atoms with Gasteiger partial charge in [-0.15, -0.1) is 0 Å². The van der Waals surface area contributed by atoms with E-state index in [9.17, 15) is 4.79 Å². The number of hydrogen-bond donors (Lipinski definition) is 1. The predicted octanol–water partition coefficient (Wildman–Crippen LogP) is 3.60. The molecule has 1 unspecified atom stereocenters. The largest absolute Gasteiger partial charge is 0.488 e. The molecule has 3 saturated heterocycles. The number of imidazole rings is 1. The summed E-state index contributed by atoms with van der Waals surface area (Å²) in [5.41, 5.74) is 4.15. The van der Waals surface area contributed by atoms with Gasteiger partial charge in [0.25, 0.3) is 0 Å². The highest BCUT2D eigenvalue weighted by Gasteiger charge is 2.32. The quantitative estimate of drug-likeness (QED) is 0.515. The molecule has 7 rings (SSSR count). The monoisotopic (exact) mass is 519 g/mol. The maximum absolute atomic E-state index is 15.5. The lowest BCUT2D eigenvalue weighted by molar-refractivity contribution is -0.119. The minimum absolute atomic E-state index is 0.0707. The number of fused-ring (bicyclic) bond motifs is 1. The topological polar surface area (TPSA) is 71.9 Å². The predicted molar refractivity (Wildman–Crippen MR) is 143 cm³/mol. The van der Waals surface area contributed by atoms with Crippen molar-refractivity contribution in [1.82, 2.24) is 19.8 Å². The van der Waals surface area contributed by atoms with E-state index in [1.54, 1.807) is 6.07 Å². The van der Waals surface area contributed by atoms with Crippen molar-refractivity contribution in [3.63, 3.8) is 0 Å². The van der Waals surface area contributed by atoms with Crippen LogP contribution in [0, 0.1) is 11.7 Å². The van der Waals surface area contributed by atoms with Crippen molar-refractivity contribution in [2.75, 3.05) is 50.8 Å². The Morgan fingerprint density at radius 2 is 1.89 bits per heavy atom. The highest BCUT2D eigenvalue weighted by atomic mass is 19.1. The number of nitrogens with one attached hydrogen (secondary N) is 1. The molecule has 1 aromatic heterocycles. The van der Waals surface area contributed by atoms with Crippen LogP contribution in [0.25, 0.3) is 22.2 Å². The molecule has 4 fully saturated rings. The van der Waals surface area contributed by atoms with Crippen LogP contribution < -0.4 is 15.0 Å². The standard InChI is InChI=1S/C29H34FN5O3/c1-18(21-13-28(36)31-14-21)38-27-12-20(11-25-29(27)35(17-32-25)22-3-4-22)19-2-5-26(24(30)10-19)34-8-6-33(7-9-34)23-15-37-16-23/h2,5,10-12,17-18,21-23H,3-4,6-9,13-16H2,1H3,(H,31,36)/t18?,21-/m1/s1. The molecule has 1 N–H and O–H groups in total. The lowest BCUT2D eigenvalue weighted by atomic mass is 10.0. The van der Waals surface area contributed by atoms with Gasteiger partial charge in [0.05, 0.1) is 36.8 Å². The van der Waals surface area contributed by atoms with Crippen LogP contribution in [0.2, 0.25) is 0 Å². The summed E-state index contributed by atoms with van der Waals surface area (Å²) in [5, 5.41) is 2.91. The van der Waals surface area contributed by atoms with Crippen molar-refractivity contribution in [3.8, 4) is 16.9 Å². The average molecular weight is 520 g/mol. The van der Waals surface area contributed by atoms with Crippen LogP contribution in [0.1, 0.15) is 32.2 Å². The summed E-state index contributed by atoms with van der Waals surface area (Å²) in [6.07, 6.45) is 4.50. The van der Waals surface area contributed by atoms with Crippen molar-refractivity contribution < 1.29 is 18.7 Å². The normalized spacial score (nSPS) is 23.5. The number of anilines is 1. The highest BCUT2D eigenvalue weighted by Crippen LogP contribution is 2.42. The Bertz CT molecular complexity index is 1360. The molecule has 200 valence electrons. The maximum atomic E-state index is 15.5. The summed E-state index contributed by atoms with van der Waals surface area (Å²) in [6.45, 7) is 7.75. The van der Waals surface area contributed by atoms with Crippen molar-refractivity contribution in [1.29, 1.82) is 0 Å². The SMILES string of the molecule is CC(Oc1cc(-c2ccc(N3CCN(C4COC4)CC3)c(F)c2)cc2ncn(C3CC3)c12)[C@H]1CNC(=O)C1. The van der Waals surface area contributed by atoms with E-state index < -0.39 is 0 Å². The summed E-state index contributed by atoms with van der Waals surface area (Å²) in [4.78, 5) is 21.1. The molecule has 0 bridgehead atoms. The number of piperazine rings is 1. The van der Waals surface area contributed by atoms with E-state index in [1.807, 2.05) is 37.5 Å². The molecular weight excluding hydrogens is 485 g/mol. The second-order valence-electron chi connectivity index (χ2n) is 11.2. The highest BCUT2D eigenvalue weighted by molar-refractivity contribution is 5.88. The Morgan fingerprint density at radius 3 is 2.55 bits per heavy atom. The molecule has 3 aliphatic heterocycles. The third kappa shape index (κ3) is 4.41. The van der Waals surface area contributed by atoms with E-state index in [0.717, 1.165) is 80.1 Å². The summed E-state index contributed by atoms with van der Waals surface area (Å²) in [6, 6.07) is 10.5. The maximum Gasteiger partial charge on any atom is 0.220 e. The molecular formula is C29H34FN5O3. The second kappa shape index (κ2) is 9.54. The van der Waals surface area contributed by atoms with E-state index in [1.165, 1.54) is 0 Å². The molecule has 2 atom stereocenters. The van der Waals surface area contributed by atoms with Gasteiger partial charge in [-0.2, -0.15) is 0 Å². The van der Waals surface area contributed by atoms with E-state index in [2.05, 4.69) is 19.7 Å². The number of hydrogen-bond acceptors (Lipinski definition) is 6. The van der Waals surface area contributed by atoms with E-state index in [4.69, 9.17) is 14.5 Å². The summed E-state index contributed by atoms with van der Waals surface area (Å²) < 4.78 is 29.5. The first kappa shape index (κ1) is 23.9. The molecule has 8 nitrogen and oxygen atoms in total. The van der Waals surface area contributed by atoms with Crippen LogP contribution in [0.3, 0.4) is 0 Å². The number of aromatic nitrogens is 2. The number of carbonyl (C=O) groups is 1. The van der Waals surface area contributed by atoms with Gasteiger partial charge < -0.3 is 24.3 Å². The first-order valence-electron chi connectivity index (χ1n) is 13.8. The molecule has 1 aliphatic carbocycles. The van der Waals surface area contributed by atoms with E-state index in [-0.39, 0.29) is 23.7 Å². The van der Waals surface area contributed by atoms with Gasteiger partial charge in [-0.3, -0.25) is 9.69 Å². The van der Waals surface area contributed by atoms with Gasteiger partial charge in [-0.05, 0) is 55.2 Å². The fraction of sp³-hybridized carbons (Fsp3) is 0.517. The van der Waals surface area contributed by atoms with Crippen molar-refractivity contribution >= 4 is 22.6 Å². The fourth-order valence-electron chi connectivity index (χ4n) is 5.98. The molecule has 38 heavy (non-hydrogen) atoms. The Hall–Kier alpha value is -3.17. The Labute approximate surface area is 221 Å². The minimum atomic E-state index is -0.210. The van der Waals surface area contributed by atoms with E-state index >= 15 is 4.39 Å². The number of halogens is 1. The summed E-state index contributed by atoms with van der Waals surface area (Å²) in [5.74, 6) is 0.723. The van der Waals surface area contributed by atoms with Gasteiger partial charge in [-0.25, -0.2) is 9.37 Å². The first-order chi connectivity index (χ1) is 18.5. The lowest BCUT2D eigenvalue weighted by Gasteiger charge is -2.43. The smallest absolute Gasteiger partial charge is 0.220 e. The van der Waals surface area contributed by atoms with Gasteiger partial charge in [0, 0.05) is 51.1 Å². The molecule has 1 saturated carbocycles. The number of ether oxygens (including phenoxy) is 2. The third-order valence-corrected chi connectivity index (χ3v) is 8.63. The molecule has 0 radical (unpaired) electrons. The lowest BCUT2D eigenvalue weighted by Crippen LogP contribution is -2.56. The van der Waals surface area contributed by atoms with E-state index in [0.29, 0.717) is 30.7 Å². The number of rotatable bonds is 7. The number of nitrogens with zero attached hydrogens (tertiary/aromatic N) is 4. The van der Waals surface area contributed by atoms with Crippen molar-refractivity contribution in [2.24, 2.45) is 5.92 Å². The van der Waals surface area contributed by atoms with Crippen LogP contribution in [-0.4, -0.2) is 78.4 Å². The van der Waals surface area contributed by atoms with Gasteiger partial charge in [0.15, 0.2) is 0 Å². The third-order valence-electron chi connectivity index (χ3n) is 8.63. The molecule has 9 heteroatoms. The van der Waals surface area contributed by atoms with Crippen LogP contribution in [0.15, 0.2) is 36.7 Å². The summed E-state index contributed by atoms with van der Waals surface area (Å²) in [7, 11) is 0. The van der Waals surface area contributed by atoms with Gasteiger partial charge >= 0.3 is 0 Å². The van der Waals surface area contributed by atoms with Crippen LogP contribution in [-0.2, 0) is 9.53 Å². The second-order valence-corrected chi connectivity index (χ2v) is 11.2. The molecule has 3 aromatic rings. The number of carbonyl (C=O) groups excluding carboxylic acids is 1. The van der Waals surface area contributed by atoms with Crippen LogP contribution in [0.5, 0.6) is 5.75 Å². The molecule has 2 aromatic carbocycles. The average Bonchev–Trinajstić information content (AvgIpc) is 3.48. The zero-order valence-electron chi connectivity index (χ0n) is 21.7. The zero-order valence-corrected chi connectivity index (χ0v) is 21.7. The van der Waals surface area contributed by atoms with Gasteiger partial charge in [-0.1, -0.05) is 6.07 Å². The zero-order chi connectivity index (χ0) is 25.8. The fourth-order valence-corrected chi connectivity index (χ4v) is 5.98. The van der Waals surface area contributed by atoms with Gasteiger partial charge in [0.1, 0.15) is 23.2 Å². The van der Waals surface area contributed by atoms with Crippen LogP contribution >= 0.6 is 0 Å². The molecule has 0 spiro atoms. The number of amides is 1. The Balaban J connectivity index is 1.16. The van der Waals surface area contributed by atoms with Crippen LogP contribution in [0.4, 0.5) is 10.1 Å². The molecule has 4 heterocycles. The first-order valence-corrected chi connectivity index (χ1v) is 13.8. The van der Waals surface area contributed by atoms with Gasteiger partial charge in [0.2, 0.25) is 5.91 Å². The molecule has 4 aliphatic rings. The minimum Gasteiger partial charge on any atom is -0.488 e. The Kier molecular flexibility index (Phi) is 6.00. The number of benzene rings is 2. The Morgan fingerprint density at radius 1 is 1.08 bits per heavy atom. The molecule has 1 amide bonds. The summed E-state index contributed by atoms with van der Waals surface area (Å²) >= 11 is 0.